The van der Waals surface area contributed by atoms with Gasteiger partial charge in [-0.1, -0.05) is 12.1 Å². The summed E-state index contributed by atoms with van der Waals surface area (Å²) in [6.07, 6.45) is 0.540. The second-order valence-electron chi connectivity index (χ2n) is 5.18. The highest BCUT2D eigenvalue weighted by Crippen LogP contribution is 2.04. The Morgan fingerprint density at radius 2 is 2.05 bits per heavy atom. The smallest absolute Gasteiger partial charge is 0.315 e. The first-order chi connectivity index (χ1) is 10.0. The molecule has 0 aliphatic rings. The lowest BCUT2D eigenvalue weighted by Crippen LogP contribution is -2.43. The Kier molecular flexibility index (Phi) is 7.71. The number of carbonyl (C=O) groups is 1. The maximum absolute atomic E-state index is 12.8. The molecule has 0 heterocycles. The van der Waals surface area contributed by atoms with E-state index in [0.29, 0.717) is 26.1 Å². The van der Waals surface area contributed by atoms with Crippen molar-refractivity contribution in [3.63, 3.8) is 0 Å². The zero-order valence-corrected chi connectivity index (χ0v) is 12.6. The van der Waals surface area contributed by atoms with Crippen molar-refractivity contribution < 1.29 is 14.3 Å². The number of hydrogen-bond acceptors (Lipinski definition) is 3. The Labute approximate surface area is 125 Å². The van der Waals surface area contributed by atoms with Crippen LogP contribution in [0.4, 0.5) is 9.18 Å². The number of carbonyl (C=O) groups excluding carboxylic acids is 1. The number of aliphatic hydroxyl groups is 1. The largest absolute Gasteiger partial charge is 0.396 e. The Balaban J connectivity index is 2.19. The van der Waals surface area contributed by atoms with E-state index in [2.05, 4.69) is 10.6 Å². The topological polar surface area (TPSA) is 64.6 Å². The number of halogens is 1. The molecule has 0 aromatic heterocycles. The van der Waals surface area contributed by atoms with Gasteiger partial charge in [0.05, 0.1) is 0 Å². The molecule has 1 rings (SSSR count). The zero-order chi connectivity index (χ0) is 15.7. The first-order valence-electron chi connectivity index (χ1n) is 7.09. The normalized spacial score (nSPS) is 12.2. The van der Waals surface area contributed by atoms with Crippen LogP contribution in [0.2, 0.25) is 0 Å². The number of rotatable bonds is 8. The highest BCUT2D eigenvalue weighted by atomic mass is 19.1. The molecular formula is C15H24FN3O2. The van der Waals surface area contributed by atoms with E-state index in [-0.39, 0.29) is 24.5 Å². The van der Waals surface area contributed by atoms with E-state index < -0.39 is 0 Å². The van der Waals surface area contributed by atoms with E-state index in [4.69, 9.17) is 5.11 Å². The third-order valence-electron chi connectivity index (χ3n) is 3.08. The number of aliphatic hydroxyl groups excluding tert-OH is 1. The summed E-state index contributed by atoms with van der Waals surface area (Å²) >= 11 is 0. The van der Waals surface area contributed by atoms with E-state index in [0.717, 1.165) is 5.56 Å². The molecule has 2 amide bonds. The van der Waals surface area contributed by atoms with Crippen molar-refractivity contribution in [3.8, 4) is 0 Å². The molecule has 5 nitrogen and oxygen atoms in total. The Hall–Kier alpha value is -1.66. The van der Waals surface area contributed by atoms with Crippen molar-refractivity contribution in [2.24, 2.45) is 0 Å². The maximum Gasteiger partial charge on any atom is 0.315 e. The molecule has 21 heavy (non-hydrogen) atoms. The number of nitrogens with zero attached hydrogens (tertiary/aromatic N) is 1. The summed E-state index contributed by atoms with van der Waals surface area (Å²) in [5, 5.41) is 14.3. The van der Waals surface area contributed by atoms with Gasteiger partial charge in [-0.3, -0.25) is 0 Å². The van der Waals surface area contributed by atoms with Crippen LogP contribution in [-0.4, -0.2) is 48.8 Å². The second kappa shape index (κ2) is 9.31. The lowest BCUT2D eigenvalue weighted by atomic mass is 10.2. The molecule has 1 aromatic rings. The van der Waals surface area contributed by atoms with Gasteiger partial charge in [0, 0.05) is 32.3 Å². The van der Waals surface area contributed by atoms with Crippen LogP contribution in [0.15, 0.2) is 24.3 Å². The highest BCUT2D eigenvalue weighted by Gasteiger charge is 2.06. The SMILES string of the molecule is C[C@H](CCO)NC(=O)NCCN(C)Cc1ccc(F)cc1. The van der Waals surface area contributed by atoms with Crippen molar-refractivity contribution in [3.05, 3.63) is 35.6 Å². The predicted molar refractivity (Wildman–Crippen MR) is 80.4 cm³/mol. The molecule has 118 valence electrons. The molecule has 0 fully saturated rings. The van der Waals surface area contributed by atoms with E-state index in [1.165, 1.54) is 12.1 Å². The van der Waals surface area contributed by atoms with Crippen molar-refractivity contribution in [2.45, 2.75) is 25.9 Å². The van der Waals surface area contributed by atoms with Crippen LogP contribution in [0.25, 0.3) is 0 Å². The summed E-state index contributed by atoms with van der Waals surface area (Å²) < 4.78 is 12.8. The molecule has 0 aliphatic heterocycles. The minimum absolute atomic E-state index is 0.0491. The van der Waals surface area contributed by atoms with Crippen LogP contribution in [-0.2, 0) is 6.54 Å². The lowest BCUT2D eigenvalue weighted by Gasteiger charge is -2.18. The van der Waals surface area contributed by atoms with E-state index in [1.54, 1.807) is 12.1 Å². The minimum atomic E-state index is -0.239. The first kappa shape index (κ1) is 17.4. The van der Waals surface area contributed by atoms with Crippen molar-refractivity contribution in [2.75, 3.05) is 26.7 Å². The molecule has 0 saturated carbocycles. The first-order valence-corrected chi connectivity index (χ1v) is 7.09. The van der Waals surface area contributed by atoms with Gasteiger partial charge >= 0.3 is 6.03 Å². The van der Waals surface area contributed by atoms with Crippen molar-refractivity contribution >= 4 is 6.03 Å². The molecule has 0 unspecified atom stereocenters. The molecule has 0 spiro atoms. The summed E-state index contributed by atoms with van der Waals surface area (Å²) in [5.41, 5.74) is 1.03. The Morgan fingerprint density at radius 1 is 1.38 bits per heavy atom. The van der Waals surface area contributed by atoms with Gasteiger partial charge in [-0.15, -0.1) is 0 Å². The third kappa shape index (κ3) is 7.63. The standard InChI is InChI=1S/C15H24FN3O2/c1-12(7-10-20)18-15(21)17-8-9-19(2)11-13-3-5-14(16)6-4-13/h3-6,12,20H,7-11H2,1-2H3,(H2,17,18,21)/t12-/m1/s1. The van der Waals surface area contributed by atoms with E-state index in [1.807, 2.05) is 18.9 Å². The van der Waals surface area contributed by atoms with Crippen LogP contribution in [0.1, 0.15) is 18.9 Å². The molecule has 3 N–H and O–H groups in total. The number of amides is 2. The van der Waals surface area contributed by atoms with Gasteiger partial charge in [0.1, 0.15) is 5.82 Å². The lowest BCUT2D eigenvalue weighted by molar-refractivity contribution is 0.228. The van der Waals surface area contributed by atoms with Gasteiger partial charge in [0.15, 0.2) is 0 Å². The van der Waals surface area contributed by atoms with E-state index in [9.17, 15) is 9.18 Å². The number of urea groups is 1. The number of benzene rings is 1. The van der Waals surface area contributed by atoms with Gasteiger partial charge in [-0.2, -0.15) is 0 Å². The van der Waals surface area contributed by atoms with Gasteiger partial charge in [-0.25, -0.2) is 9.18 Å². The van der Waals surface area contributed by atoms with Crippen molar-refractivity contribution in [1.82, 2.24) is 15.5 Å². The maximum atomic E-state index is 12.8. The second-order valence-corrected chi connectivity index (χ2v) is 5.18. The average Bonchev–Trinajstić information content (AvgIpc) is 2.41. The van der Waals surface area contributed by atoms with Crippen LogP contribution < -0.4 is 10.6 Å². The van der Waals surface area contributed by atoms with Gasteiger partial charge in [-0.05, 0) is 38.1 Å². The fourth-order valence-electron chi connectivity index (χ4n) is 1.88. The van der Waals surface area contributed by atoms with Gasteiger partial charge in [0.2, 0.25) is 0 Å². The minimum Gasteiger partial charge on any atom is -0.396 e. The number of nitrogens with one attached hydrogen (secondary N) is 2. The van der Waals surface area contributed by atoms with Crippen LogP contribution in [0.5, 0.6) is 0 Å². The molecular weight excluding hydrogens is 273 g/mol. The molecule has 1 aromatic carbocycles. The average molecular weight is 297 g/mol. The Morgan fingerprint density at radius 3 is 2.67 bits per heavy atom. The number of hydrogen-bond donors (Lipinski definition) is 3. The number of likely N-dealkylation sites (N-methyl/N-ethyl adjacent to an activating group) is 1. The van der Waals surface area contributed by atoms with E-state index >= 15 is 0 Å². The summed E-state index contributed by atoms with van der Waals surface area (Å²) in [7, 11) is 1.94. The Bertz CT molecular complexity index is 425. The third-order valence-corrected chi connectivity index (χ3v) is 3.08. The van der Waals surface area contributed by atoms with Gasteiger partial charge < -0.3 is 20.6 Å². The summed E-state index contributed by atoms with van der Waals surface area (Å²) in [5.74, 6) is -0.239. The fourth-order valence-corrected chi connectivity index (χ4v) is 1.88. The fraction of sp³-hybridized carbons (Fsp3) is 0.533. The molecule has 1 atom stereocenters. The summed E-state index contributed by atoms with van der Waals surface area (Å²) in [6.45, 7) is 3.82. The van der Waals surface area contributed by atoms with Crippen molar-refractivity contribution in [1.29, 1.82) is 0 Å². The highest BCUT2D eigenvalue weighted by molar-refractivity contribution is 5.74. The molecule has 0 radical (unpaired) electrons. The zero-order valence-electron chi connectivity index (χ0n) is 12.6. The molecule has 0 saturated heterocycles. The summed E-state index contributed by atoms with van der Waals surface area (Å²) in [6, 6.07) is 6.11. The molecule has 0 bridgehead atoms. The molecule has 6 heteroatoms. The quantitative estimate of drug-likeness (QED) is 0.678. The predicted octanol–water partition coefficient (Wildman–Crippen LogP) is 1.33. The van der Waals surface area contributed by atoms with Gasteiger partial charge in [0.25, 0.3) is 0 Å². The van der Waals surface area contributed by atoms with Crippen LogP contribution >= 0.6 is 0 Å². The monoisotopic (exact) mass is 297 g/mol. The molecule has 0 aliphatic carbocycles. The van der Waals surface area contributed by atoms with Crippen LogP contribution in [0, 0.1) is 5.82 Å². The van der Waals surface area contributed by atoms with Crippen LogP contribution in [0.3, 0.4) is 0 Å². The summed E-state index contributed by atoms with van der Waals surface area (Å²) in [4.78, 5) is 13.6.